The molecule has 0 radical (unpaired) electrons. The third kappa shape index (κ3) is 3.58. The van der Waals surface area contributed by atoms with Crippen LogP contribution in [0.4, 0.5) is 5.69 Å². The Labute approximate surface area is 142 Å². The van der Waals surface area contributed by atoms with E-state index in [0.29, 0.717) is 13.2 Å². The molecule has 1 aliphatic rings. The third-order valence-electron chi connectivity index (χ3n) is 4.15. The van der Waals surface area contributed by atoms with Crippen LogP contribution in [0.2, 0.25) is 0 Å². The number of hydrogen-bond acceptors (Lipinski definition) is 4. The minimum absolute atomic E-state index is 0.0839. The number of anilines is 1. The highest BCUT2D eigenvalue weighted by atomic mass is 16.5. The van der Waals surface area contributed by atoms with Crippen molar-refractivity contribution in [3.8, 4) is 16.9 Å². The topological polar surface area (TPSA) is 59.6 Å². The summed E-state index contributed by atoms with van der Waals surface area (Å²) >= 11 is 0. The predicted octanol–water partition coefficient (Wildman–Crippen LogP) is 2.68. The van der Waals surface area contributed by atoms with E-state index < -0.39 is 0 Å². The summed E-state index contributed by atoms with van der Waals surface area (Å²) < 4.78 is 10.9. The fourth-order valence-electron chi connectivity index (χ4n) is 2.89. The summed E-state index contributed by atoms with van der Waals surface area (Å²) in [4.78, 5) is 12.5. The molecule has 0 spiro atoms. The molecule has 2 aromatic rings. The Bertz CT molecular complexity index is 717. The number of carbonyl (C=O) groups is 1. The first-order chi connectivity index (χ1) is 11.7. The number of nitrogens with one attached hydrogen (secondary N) is 2. The molecule has 1 aliphatic heterocycles. The van der Waals surface area contributed by atoms with Gasteiger partial charge in [-0.15, -0.1) is 0 Å². The number of amides is 1. The molecule has 0 aromatic heterocycles. The standard InChI is InChI=1S/C19H22N2O3/c1-13-18(20-10-11-24-13)19(22)21-15-7-5-6-14(12-15)16-8-3-4-9-17(16)23-2/h3-9,12-13,18,20H,10-11H2,1-2H3,(H,21,22)/t13-,18+/m1/s1. The molecular formula is C19H22N2O3. The van der Waals surface area contributed by atoms with Crippen LogP contribution in [0.3, 0.4) is 0 Å². The number of benzene rings is 2. The molecule has 0 aliphatic carbocycles. The lowest BCUT2D eigenvalue weighted by molar-refractivity contribution is -0.123. The van der Waals surface area contributed by atoms with Gasteiger partial charge in [-0.25, -0.2) is 0 Å². The van der Waals surface area contributed by atoms with E-state index >= 15 is 0 Å². The zero-order chi connectivity index (χ0) is 16.9. The molecule has 0 saturated carbocycles. The van der Waals surface area contributed by atoms with Gasteiger partial charge in [0.05, 0.1) is 19.8 Å². The summed E-state index contributed by atoms with van der Waals surface area (Å²) in [5, 5.41) is 6.16. The van der Waals surface area contributed by atoms with Crippen LogP contribution < -0.4 is 15.4 Å². The molecule has 2 aromatic carbocycles. The second-order valence-electron chi connectivity index (χ2n) is 5.78. The monoisotopic (exact) mass is 326 g/mol. The Morgan fingerprint density at radius 3 is 2.88 bits per heavy atom. The van der Waals surface area contributed by atoms with E-state index in [-0.39, 0.29) is 18.1 Å². The summed E-state index contributed by atoms with van der Waals surface area (Å²) in [6.07, 6.45) is -0.142. The smallest absolute Gasteiger partial charge is 0.244 e. The van der Waals surface area contributed by atoms with Crippen LogP contribution in [0.1, 0.15) is 6.92 Å². The zero-order valence-corrected chi connectivity index (χ0v) is 13.9. The van der Waals surface area contributed by atoms with Gasteiger partial charge in [-0.3, -0.25) is 4.79 Å². The second kappa shape index (κ2) is 7.47. The summed E-state index contributed by atoms with van der Waals surface area (Å²) in [5.41, 5.74) is 2.73. The number of carbonyl (C=O) groups excluding carboxylic acids is 1. The largest absolute Gasteiger partial charge is 0.496 e. The van der Waals surface area contributed by atoms with Gasteiger partial charge in [-0.05, 0) is 30.7 Å². The normalized spacial score (nSPS) is 20.4. The van der Waals surface area contributed by atoms with E-state index in [1.54, 1.807) is 7.11 Å². The number of para-hydroxylation sites is 1. The van der Waals surface area contributed by atoms with Crippen molar-refractivity contribution in [3.05, 3.63) is 48.5 Å². The second-order valence-corrected chi connectivity index (χ2v) is 5.78. The molecule has 1 heterocycles. The van der Waals surface area contributed by atoms with E-state index in [1.165, 1.54) is 0 Å². The van der Waals surface area contributed by atoms with Crippen molar-refractivity contribution in [2.75, 3.05) is 25.6 Å². The van der Waals surface area contributed by atoms with E-state index in [0.717, 1.165) is 22.6 Å². The Hall–Kier alpha value is -2.37. The first kappa shape index (κ1) is 16.5. The van der Waals surface area contributed by atoms with Gasteiger partial charge < -0.3 is 20.1 Å². The predicted molar refractivity (Wildman–Crippen MR) is 94.3 cm³/mol. The van der Waals surface area contributed by atoms with Gasteiger partial charge in [0.2, 0.25) is 5.91 Å². The van der Waals surface area contributed by atoms with Gasteiger partial charge in [-0.1, -0.05) is 30.3 Å². The van der Waals surface area contributed by atoms with Gasteiger partial charge in [-0.2, -0.15) is 0 Å². The van der Waals surface area contributed by atoms with Gasteiger partial charge in [0.15, 0.2) is 0 Å². The van der Waals surface area contributed by atoms with Crippen LogP contribution in [0.15, 0.2) is 48.5 Å². The van der Waals surface area contributed by atoms with Crippen molar-refractivity contribution >= 4 is 11.6 Å². The molecule has 3 rings (SSSR count). The van der Waals surface area contributed by atoms with Gasteiger partial charge in [0.25, 0.3) is 0 Å². The summed E-state index contributed by atoms with van der Waals surface area (Å²) in [6.45, 7) is 3.22. The van der Waals surface area contributed by atoms with Crippen LogP contribution in [0.5, 0.6) is 5.75 Å². The van der Waals surface area contributed by atoms with E-state index in [4.69, 9.17) is 9.47 Å². The van der Waals surface area contributed by atoms with Crippen LogP contribution in [-0.4, -0.2) is 38.3 Å². The van der Waals surface area contributed by atoms with Crippen molar-refractivity contribution < 1.29 is 14.3 Å². The Morgan fingerprint density at radius 1 is 1.25 bits per heavy atom. The lowest BCUT2D eigenvalue weighted by atomic mass is 10.0. The number of hydrogen-bond donors (Lipinski definition) is 2. The molecule has 2 N–H and O–H groups in total. The highest BCUT2D eigenvalue weighted by molar-refractivity contribution is 5.96. The maximum Gasteiger partial charge on any atom is 0.244 e. The van der Waals surface area contributed by atoms with Crippen molar-refractivity contribution in [2.45, 2.75) is 19.1 Å². The van der Waals surface area contributed by atoms with Crippen molar-refractivity contribution in [1.29, 1.82) is 0 Å². The van der Waals surface area contributed by atoms with Crippen LogP contribution in [-0.2, 0) is 9.53 Å². The highest BCUT2D eigenvalue weighted by Crippen LogP contribution is 2.31. The molecule has 24 heavy (non-hydrogen) atoms. The molecule has 5 heteroatoms. The first-order valence-corrected chi connectivity index (χ1v) is 8.08. The zero-order valence-electron chi connectivity index (χ0n) is 13.9. The fourth-order valence-corrected chi connectivity index (χ4v) is 2.89. The van der Waals surface area contributed by atoms with Crippen LogP contribution in [0, 0.1) is 0 Å². The highest BCUT2D eigenvalue weighted by Gasteiger charge is 2.28. The summed E-state index contributed by atoms with van der Waals surface area (Å²) in [5.74, 6) is 0.719. The Balaban J connectivity index is 1.79. The van der Waals surface area contributed by atoms with Crippen LogP contribution in [0.25, 0.3) is 11.1 Å². The molecule has 0 unspecified atom stereocenters. The first-order valence-electron chi connectivity index (χ1n) is 8.08. The van der Waals surface area contributed by atoms with E-state index in [9.17, 15) is 4.79 Å². The van der Waals surface area contributed by atoms with Crippen LogP contribution >= 0.6 is 0 Å². The Morgan fingerprint density at radius 2 is 2.08 bits per heavy atom. The molecule has 0 bridgehead atoms. The number of rotatable bonds is 4. The minimum atomic E-state index is -0.339. The number of methoxy groups -OCH3 is 1. The minimum Gasteiger partial charge on any atom is -0.496 e. The lowest BCUT2D eigenvalue weighted by Gasteiger charge is -2.29. The number of morpholine rings is 1. The van der Waals surface area contributed by atoms with Gasteiger partial charge >= 0.3 is 0 Å². The molecular weight excluding hydrogens is 304 g/mol. The Kier molecular flexibility index (Phi) is 5.13. The SMILES string of the molecule is COc1ccccc1-c1cccc(NC(=O)[C@H]2NCCO[C@@H]2C)c1. The molecule has 1 amide bonds. The van der Waals surface area contributed by atoms with Crippen molar-refractivity contribution in [2.24, 2.45) is 0 Å². The quantitative estimate of drug-likeness (QED) is 0.907. The number of ether oxygens (including phenoxy) is 2. The van der Waals surface area contributed by atoms with E-state index in [2.05, 4.69) is 10.6 Å². The van der Waals surface area contributed by atoms with E-state index in [1.807, 2.05) is 55.5 Å². The maximum absolute atomic E-state index is 12.5. The van der Waals surface area contributed by atoms with Gasteiger partial charge in [0.1, 0.15) is 11.8 Å². The molecule has 126 valence electrons. The molecule has 1 saturated heterocycles. The third-order valence-corrected chi connectivity index (χ3v) is 4.15. The summed E-state index contributed by atoms with van der Waals surface area (Å²) in [7, 11) is 1.65. The average Bonchev–Trinajstić information content (AvgIpc) is 2.62. The molecule has 2 atom stereocenters. The molecule has 5 nitrogen and oxygen atoms in total. The lowest BCUT2D eigenvalue weighted by Crippen LogP contribution is -2.53. The average molecular weight is 326 g/mol. The summed E-state index contributed by atoms with van der Waals surface area (Å²) in [6, 6.07) is 15.2. The fraction of sp³-hybridized carbons (Fsp3) is 0.316. The van der Waals surface area contributed by atoms with Crippen molar-refractivity contribution in [1.82, 2.24) is 5.32 Å². The maximum atomic E-state index is 12.5. The van der Waals surface area contributed by atoms with Gasteiger partial charge in [0, 0.05) is 17.8 Å². The molecule has 1 fully saturated rings. The van der Waals surface area contributed by atoms with Crippen molar-refractivity contribution in [3.63, 3.8) is 0 Å².